The second-order valence-electron chi connectivity index (χ2n) is 28.3. The first-order valence-corrected chi connectivity index (χ1v) is 39.6. The Morgan fingerprint density at radius 3 is 1.04 bits per heavy atom. The molecule has 0 aliphatic carbocycles. The number of aryl methyl sites for hydroxylation is 4. The summed E-state index contributed by atoms with van der Waals surface area (Å²) >= 11 is 0. The van der Waals surface area contributed by atoms with Crippen LogP contribution in [-0.4, -0.2) is 229 Å². The summed E-state index contributed by atoms with van der Waals surface area (Å²) in [7, 11) is 0. The Kier molecular flexibility index (Phi) is 31.0. The largest absolute Gasteiger partial charge is 0.490 e. The Balaban J connectivity index is 0.000000134. The number of aromatic amines is 5. The van der Waals surface area contributed by atoms with Gasteiger partial charge < -0.3 is 117 Å². The minimum absolute atomic E-state index is 0.00653. The van der Waals surface area contributed by atoms with Crippen LogP contribution in [0.4, 0.5) is 34.1 Å². The fraction of sp³-hybridized carbons (Fsp3) is 0.435. The van der Waals surface area contributed by atoms with Crippen LogP contribution in [0.2, 0.25) is 0 Å². The van der Waals surface area contributed by atoms with Gasteiger partial charge in [-0.25, -0.2) is 0 Å². The van der Waals surface area contributed by atoms with Crippen molar-refractivity contribution in [1.82, 2.24) is 49.1 Å². The van der Waals surface area contributed by atoms with Gasteiger partial charge in [-0.2, -0.15) is 0 Å². The highest BCUT2D eigenvalue weighted by molar-refractivity contribution is 6.01. The number of hydrogen-bond acceptors (Lipinski definition) is 21. The van der Waals surface area contributed by atoms with Crippen LogP contribution >= 0.6 is 0 Å². The van der Waals surface area contributed by atoms with Crippen LogP contribution in [0, 0.1) is 13.8 Å². The van der Waals surface area contributed by atoms with Gasteiger partial charge >= 0.3 is 0 Å². The molecule has 4 aliphatic heterocycles. The smallest absolute Gasteiger partial charge is 0.143 e. The average Bonchev–Trinajstić information content (AvgIpc) is 1.66. The number of anilines is 6. The number of nitrogens with one attached hydrogen (secondary N) is 5. The summed E-state index contributed by atoms with van der Waals surface area (Å²) in [4.78, 5) is 26.0. The number of aliphatic hydroxyl groups is 3. The van der Waals surface area contributed by atoms with Gasteiger partial charge in [0.2, 0.25) is 0 Å². The molecule has 112 heavy (non-hydrogen) atoms. The lowest BCUT2D eigenvalue weighted by atomic mass is 10.1. The number of aromatic nitrogens is 6. The van der Waals surface area contributed by atoms with Gasteiger partial charge in [-0.05, 0) is 187 Å². The van der Waals surface area contributed by atoms with Crippen molar-refractivity contribution in [2.75, 3.05) is 199 Å². The molecule has 27 nitrogen and oxygen atoms in total. The number of nitrogens with zero attached hydrogens (tertiary/aromatic N) is 5. The van der Waals surface area contributed by atoms with Crippen LogP contribution < -0.4 is 62.8 Å². The van der Waals surface area contributed by atoms with E-state index in [2.05, 4.69) is 72.2 Å². The highest BCUT2D eigenvalue weighted by Gasteiger charge is 2.20. The van der Waals surface area contributed by atoms with Crippen LogP contribution in [0.1, 0.15) is 68.5 Å². The lowest BCUT2D eigenvalue weighted by Crippen LogP contribution is -2.38. The summed E-state index contributed by atoms with van der Waals surface area (Å²) < 4.78 is 47.2. The quantitative estimate of drug-likeness (QED) is 0.0224. The summed E-state index contributed by atoms with van der Waals surface area (Å²) in [6.07, 6.45) is 16.1. The van der Waals surface area contributed by atoms with E-state index in [1.807, 2.05) is 102 Å². The van der Waals surface area contributed by atoms with Crippen molar-refractivity contribution < 1.29 is 53.2 Å². The van der Waals surface area contributed by atoms with Crippen molar-refractivity contribution in [1.29, 1.82) is 0 Å². The Bertz CT molecular complexity index is 4760. The van der Waals surface area contributed by atoms with E-state index in [-0.39, 0.29) is 33.0 Å². The fourth-order valence-electron chi connectivity index (χ4n) is 15.0. The maximum atomic E-state index is 9.00. The van der Waals surface area contributed by atoms with Crippen LogP contribution in [0.25, 0.3) is 65.4 Å². The Labute approximate surface area is 655 Å². The van der Waals surface area contributed by atoms with Crippen molar-refractivity contribution in [3.8, 4) is 34.5 Å². The van der Waals surface area contributed by atoms with Crippen LogP contribution in [0.3, 0.4) is 0 Å². The molecule has 10 heterocycles. The third-order valence-corrected chi connectivity index (χ3v) is 20.9. The summed E-state index contributed by atoms with van der Waals surface area (Å²) in [6.45, 7) is 28.3. The van der Waals surface area contributed by atoms with Crippen LogP contribution in [0.15, 0.2) is 122 Å². The number of aliphatic hydroxyl groups excluding tert-OH is 3. The van der Waals surface area contributed by atoms with Crippen molar-refractivity contribution in [2.45, 2.75) is 79.2 Å². The summed E-state index contributed by atoms with van der Waals surface area (Å²) in [5.74, 6) is 4.95. The number of nitrogens with two attached hydrogens (primary N) is 6. The monoisotopic (exact) mass is 1540 g/mol. The number of benzene rings is 6. The number of piperidine rings is 1. The number of rotatable bonds is 26. The number of nitrogen functional groups attached to an aromatic ring is 6. The number of H-pyrrole nitrogens is 5. The van der Waals surface area contributed by atoms with Gasteiger partial charge in [0.1, 0.15) is 74.1 Å². The molecule has 0 amide bonds. The van der Waals surface area contributed by atoms with Gasteiger partial charge in [-0.15, -0.1) is 0 Å². The van der Waals surface area contributed by atoms with Gasteiger partial charge in [0.15, 0.2) is 0 Å². The Morgan fingerprint density at radius 1 is 0.348 bits per heavy atom. The molecule has 0 bridgehead atoms. The molecule has 12 aromatic rings. The molecule has 27 heteroatoms. The number of hydrogen-bond donors (Lipinski definition) is 14. The van der Waals surface area contributed by atoms with E-state index in [9.17, 15) is 0 Å². The van der Waals surface area contributed by atoms with Gasteiger partial charge in [-0.1, -0.05) is 20.3 Å². The molecule has 0 radical (unpaired) electrons. The van der Waals surface area contributed by atoms with Crippen molar-refractivity contribution in [2.24, 2.45) is 0 Å². The minimum atomic E-state index is -0.0351. The van der Waals surface area contributed by atoms with Crippen LogP contribution in [0.5, 0.6) is 34.5 Å². The fourth-order valence-corrected chi connectivity index (χ4v) is 15.0. The predicted octanol–water partition coefficient (Wildman–Crippen LogP) is 11.2. The van der Waals surface area contributed by atoms with Gasteiger partial charge in [0, 0.05) is 162 Å². The van der Waals surface area contributed by atoms with E-state index in [0.717, 1.165) is 222 Å². The molecule has 20 N–H and O–H groups in total. The zero-order valence-electron chi connectivity index (χ0n) is 65.7. The predicted molar refractivity (Wildman–Crippen MR) is 453 cm³/mol. The maximum Gasteiger partial charge on any atom is 0.143 e. The zero-order chi connectivity index (χ0) is 78.7. The SMILES string of the molecule is CCc1c(C)[nH]c2c(OCCN3CCCC3)ccc(N)c12.CCc1c(C)[nH]c2c(OCCN3CCOCC3)ccc(N)c12.Nc1ccc(OCCN2CCCCC2)c2[nH]ccc12.Nc1ccc(OCCN2CCOCC2)c2[nH]ccc12.Nc1ccc(OCCO)c2[nH]ccc12.Nc1ccc(OCCO)c2c1ccn2CCO. The first kappa shape index (κ1) is 82.8. The molecule has 6 aromatic heterocycles. The first-order valence-electron chi connectivity index (χ1n) is 39.6. The molecule has 4 fully saturated rings. The molecule has 604 valence electrons. The Hall–Kier alpha value is -10.2. The van der Waals surface area contributed by atoms with E-state index >= 15 is 0 Å². The molecule has 0 saturated carbocycles. The normalized spacial score (nSPS) is 14.9. The number of morpholine rings is 2. The molecule has 0 atom stereocenters. The molecule has 0 unspecified atom stereocenters. The highest BCUT2D eigenvalue weighted by Crippen LogP contribution is 2.38. The van der Waals surface area contributed by atoms with E-state index in [0.29, 0.717) is 36.9 Å². The standard InChI is InChI=1S/C17H25N3O2.C17H25N3O.C15H21N3O.C14H19N3O2.C12H16N2O3.C10H12N2O2/c1-3-13-12(2)19-17-15(5-4-14(18)16(13)17)22-11-8-20-6-9-21-10-7-20;1-3-13-12(2)19-17-15(7-6-14(18)16(13)17)21-11-10-20-8-4-5-9-20;16-13-4-5-14(15-12(13)6-7-17-15)19-11-10-18-8-2-1-3-9-18;15-12-1-2-13(14-11(12)3-4-16-14)19-10-7-17-5-8-18-9-6-17;13-10-1-2-11(17-8-7-16)12-9(10)3-4-14(12)5-6-15;11-8-1-2-9(14-6-5-13)10-7(8)3-4-12-10/h4-5,19H,3,6-11,18H2,1-2H3;6-7,19H,3-5,8-11,18H2,1-2H3;4-7,17H,1-3,8-11,16H2;1-4,16H,5-10,15H2;1-4,15-16H,5-8,13H2;1-4,12-13H,5-6,11H2. The maximum absolute atomic E-state index is 9.00. The van der Waals surface area contributed by atoms with E-state index in [4.69, 9.17) is 87.6 Å². The molecule has 4 aliphatic rings. The summed E-state index contributed by atoms with van der Waals surface area (Å²) in [5, 5.41) is 32.6. The van der Waals surface area contributed by atoms with Gasteiger partial charge in [0.25, 0.3) is 0 Å². The average molecular weight is 1540 g/mol. The number of fused-ring (bicyclic) bond motifs is 6. The Morgan fingerprint density at radius 2 is 0.670 bits per heavy atom. The molecule has 4 saturated heterocycles. The van der Waals surface area contributed by atoms with E-state index in [1.54, 1.807) is 24.3 Å². The third kappa shape index (κ3) is 21.5. The molecular formula is C85H118N16O11. The topological polar surface area (TPSA) is 387 Å². The highest BCUT2D eigenvalue weighted by atomic mass is 16.5. The first-order chi connectivity index (χ1) is 54.7. The zero-order valence-corrected chi connectivity index (χ0v) is 65.7. The van der Waals surface area contributed by atoms with Gasteiger partial charge in [-0.3, -0.25) is 19.6 Å². The molecule has 16 rings (SSSR count). The van der Waals surface area contributed by atoms with Crippen molar-refractivity contribution in [3.63, 3.8) is 0 Å². The van der Waals surface area contributed by atoms with E-state index in [1.165, 1.54) is 80.8 Å². The molecule has 6 aromatic carbocycles. The number of likely N-dealkylation sites (tertiary alicyclic amines) is 2. The summed E-state index contributed by atoms with van der Waals surface area (Å²) in [5.41, 5.74) is 51.2. The number of ether oxygens (including phenoxy) is 8. The van der Waals surface area contributed by atoms with Crippen molar-refractivity contribution >= 4 is 99.5 Å². The minimum Gasteiger partial charge on any atom is -0.490 e. The van der Waals surface area contributed by atoms with Gasteiger partial charge in [0.05, 0.1) is 79.3 Å². The van der Waals surface area contributed by atoms with Crippen LogP contribution in [-0.2, 0) is 28.9 Å². The molecular weight excluding hydrogens is 1420 g/mol. The lowest BCUT2D eigenvalue weighted by Gasteiger charge is -2.26. The molecule has 0 spiro atoms. The summed E-state index contributed by atoms with van der Waals surface area (Å²) in [6, 6.07) is 30.4. The van der Waals surface area contributed by atoms with Crippen molar-refractivity contribution in [3.05, 3.63) is 144 Å². The third-order valence-electron chi connectivity index (χ3n) is 20.9. The van der Waals surface area contributed by atoms with E-state index < -0.39 is 0 Å². The second kappa shape index (κ2) is 41.9. The second-order valence-corrected chi connectivity index (χ2v) is 28.3. The lowest BCUT2D eigenvalue weighted by molar-refractivity contribution is 0.0322.